The highest BCUT2D eigenvalue weighted by Gasteiger charge is 2.32. The van der Waals surface area contributed by atoms with Crippen molar-refractivity contribution in [2.75, 3.05) is 6.54 Å². The van der Waals surface area contributed by atoms with E-state index in [4.69, 9.17) is 5.11 Å². The maximum absolute atomic E-state index is 13.0. The van der Waals surface area contributed by atoms with E-state index in [-0.39, 0.29) is 11.7 Å². The van der Waals surface area contributed by atoms with Gasteiger partial charge in [-0.15, -0.1) is 0 Å². The molecule has 0 saturated carbocycles. The summed E-state index contributed by atoms with van der Waals surface area (Å²) in [5.41, 5.74) is 0.569. The molecule has 19 heavy (non-hydrogen) atoms. The topological polar surface area (TPSA) is 57.6 Å². The van der Waals surface area contributed by atoms with Crippen molar-refractivity contribution in [2.45, 2.75) is 18.9 Å². The van der Waals surface area contributed by atoms with E-state index in [1.807, 2.05) is 0 Å². The van der Waals surface area contributed by atoms with Crippen molar-refractivity contribution in [3.8, 4) is 0 Å². The second kappa shape index (κ2) is 5.65. The Morgan fingerprint density at radius 2 is 2.21 bits per heavy atom. The maximum atomic E-state index is 13.0. The molecule has 1 heterocycles. The van der Waals surface area contributed by atoms with Crippen molar-refractivity contribution < 1.29 is 19.1 Å². The van der Waals surface area contributed by atoms with Gasteiger partial charge in [0.1, 0.15) is 11.9 Å². The van der Waals surface area contributed by atoms with Crippen molar-refractivity contribution in [3.05, 3.63) is 41.7 Å². The van der Waals surface area contributed by atoms with Gasteiger partial charge in [-0.05, 0) is 36.6 Å². The molecule has 0 aromatic heterocycles. The molecule has 1 atom stereocenters. The van der Waals surface area contributed by atoms with Crippen LogP contribution in [-0.4, -0.2) is 34.5 Å². The molecule has 100 valence electrons. The third-order valence-electron chi connectivity index (χ3n) is 3.09. The highest BCUT2D eigenvalue weighted by atomic mass is 19.1. The zero-order chi connectivity index (χ0) is 13.8. The van der Waals surface area contributed by atoms with Gasteiger partial charge in [0.05, 0.1) is 0 Å². The molecule has 1 aromatic carbocycles. The molecule has 1 fully saturated rings. The first-order valence-electron chi connectivity index (χ1n) is 6.05. The van der Waals surface area contributed by atoms with Crippen LogP contribution in [0.25, 0.3) is 6.08 Å². The molecule has 4 nitrogen and oxygen atoms in total. The Bertz CT molecular complexity index is 527. The fourth-order valence-corrected chi connectivity index (χ4v) is 2.16. The normalized spacial score (nSPS) is 19.0. The predicted molar refractivity (Wildman–Crippen MR) is 67.8 cm³/mol. The van der Waals surface area contributed by atoms with E-state index in [0.29, 0.717) is 24.9 Å². The number of benzene rings is 1. The van der Waals surface area contributed by atoms with E-state index in [0.717, 1.165) is 0 Å². The van der Waals surface area contributed by atoms with Gasteiger partial charge in [-0.3, -0.25) is 4.79 Å². The summed E-state index contributed by atoms with van der Waals surface area (Å²) >= 11 is 0. The van der Waals surface area contributed by atoms with Gasteiger partial charge in [0, 0.05) is 12.6 Å². The number of carbonyl (C=O) groups is 2. The molecule has 1 saturated heterocycles. The minimum Gasteiger partial charge on any atom is -0.480 e. The molecule has 1 amide bonds. The Morgan fingerprint density at radius 1 is 1.42 bits per heavy atom. The molecule has 1 aromatic rings. The average molecular weight is 263 g/mol. The van der Waals surface area contributed by atoms with E-state index < -0.39 is 12.0 Å². The second-order valence-electron chi connectivity index (χ2n) is 4.42. The lowest BCUT2D eigenvalue weighted by Crippen LogP contribution is -2.39. The number of carboxylic acid groups (broad SMARTS) is 1. The quantitative estimate of drug-likeness (QED) is 0.847. The lowest BCUT2D eigenvalue weighted by atomic mass is 10.2. The predicted octanol–water partition coefficient (Wildman–Crippen LogP) is 1.91. The Labute approximate surface area is 110 Å². The molecule has 1 N–H and O–H groups in total. The zero-order valence-electron chi connectivity index (χ0n) is 10.3. The minimum absolute atomic E-state index is 0.353. The fraction of sp³-hybridized carbons (Fsp3) is 0.286. The number of hydrogen-bond acceptors (Lipinski definition) is 2. The van der Waals surface area contributed by atoms with Crippen molar-refractivity contribution in [1.29, 1.82) is 0 Å². The number of nitrogens with zero attached hydrogens (tertiary/aromatic N) is 1. The van der Waals surface area contributed by atoms with Crippen LogP contribution >= 0.6 is 0 Å². The Kier molecular flexibility index (Phi) is 3.94. The van der Waals surface area contributed by atoms with Crippen LogP contribution in [0.5, 0.6) is 0 Å². The minimum atomic E-state index is -0.981. The first kappa shape index (κ1) is 13.3. The van der Waals surface area contributed by atoms with Gasteiger partial charge in [-0.1, -0.05) is 12.1 Å². The fourth-order valence-electron chi connectivity index (χ4n) is 2.16. The molecule has 0 bridgehead atoms. The SMILES string of the molecule is O=C(O)[C@H]1CCCN1C(=O)C=Cc1cccc(F)c1. The maximum Gasteiger partial charge on any atom is 0.326 e. The molecule has 2 rings (SSSR count). The lowest BCUT2D eigenvalue weighted by Gasteiger charge is -2.19. The molecular weight excluding hydrogens is 249 g/mol. The first-order chi connectivity index (χ1) is 9.08. The molecule has 0 unspecified atom stereocenters. The Balaban J connectivity index is 2.06. The number of carbonyl (C=O) groups excluding carboxylic acids is 1. The van der Waals surface area contributed by atoms with Crippen LogP contribution in [0.15, 0.2) is 30.3 Å². The number of hydrogen-bond donors (Lipinski definition) is 1. The van der Waals surface area contributed by atoms with Crippen LogP contribution in [0, 0.1) is 5.82 Å². The highest BCUT2D eigenvalue weighted by molar-refractivity contribution is 5.94. The standard InChI is InChI=1S/C14H14FNO3/c15-11-4-1-3-10(9-11)6-7-13(17)16-8-2-5-12(16)14(18)19/h1,3-4,6-7,9,12H,2,5,8H2,(H,18,19)/t12-/m1/s1. The summed E-state index contributed by atoms with van der Waals surface area (Å²) in [6.45, 7) is 0.448. The van der Waals surface area contributed by atoms with Gasteiger partial charge in [0.2, 0.25) is 5.91 Å². The summed E-state index contributed by atoms with van der Waals surface area (Å²) in [6.07, 6.45) is 3.95. The monoisotopic (exact) mass is 263 g/mol. The van der Waals surface area contributed by atoms with E-state index in [1.54, 1.807) is 12.1 Å². The van der Waals surface area contributed by atoms with E-state index in [9.17, 15) is 14.0 Å². The van der Waals surface area contributed by atoms with Crippen molar-refractivity contribution in [1.82, 2.24) is 4.90 Å². The number of rotatable bonds is 3. The van der Waals surface area contributed by atoms with Crippen molar-refractivity contribution in [2.24, 2.45) is 0 Å². The Hall–Kier alpha value is -2.17. The Morgan fingerprint density at radius 3 is 2.89 bits per heavy atom. The number of amides is 1. The van der Waals surface area contributed by atoms with E-state index in [1.165, 1.54) is 29.2 Å². The lowest BCUT2D eigenvalue weighted by molar-refractivity contribution is -0.146. The van der Waals surface area contributed by atoms with E-state index >= 15 is 0 Å². The highest BCUT2D eigenvalue weighted by Crippen LogP contribution is 2.18. The molecule has 0 aliphatic carbocycles. The van der Waals surface area contributed by atoms with Gasteiger partial charge in [0.15, 0.2) is 0 Å². The van der Waals surface area contributed by atoms with Crippen LogP contribution in [-0.2, 0) is 9.59 Å². The summed E-state index contributed by atoms with van der Waals surface area (Å²) in [7, 11) is 0. The number of likely N-dealkylation sites (tertiary alicyclic amines) is 1. The molecular formula is C14H14FNO3. The van der Waals surface area contributed by atoms with Gasteiger partial charge < -0.3 is 10.0 Å². The largest absolute Gasteiger partial charge is 0.480 e. The summed E-state index contributed by atoms with van der Waals surface area (Å²) in [6, 6.07) is 5.10. The molecule has 1 aliphatic rings. The third-order valence-corrected chi connectivity index (χ3v) is 3.09. The van der Waals surface area contributed by atoms with Gasteiger partial charge in [-0.25, -0.2) is 9.18 Å². The molecule has 0 radical (unpaired) electrons. The molecule has 5 heteroatoms. The van der Waals surface area contributed by atoms with Crippen molar-refractivity contribution >= 4 is 18.0 Å². The number of aliphatic carboxylic acids is 1. The first-order valence-corrected chi connectivity index (χ1v) is 6.05. The summed E-state index contributed by atoms with van der Waals surface area (Å²) < 4.78 is 13.0. The van der Waals surface area contributed by atoms with Crippen LogP contribution < -0.4 is 0 Å². The summed E-state index contributed by atoms with van der Waals surface area (Å²) in [5, 5.41) is 8.99. The third kappa shape index (κ3) is 3.19. The zero-order valence-corrected chi connectivity index (χ0v) is 10.3. The average Bonchev–Trinajstić information content (AvgIpc) is 2.85. The van der Waals surface area contributed by atoms with Crippen LogP contribution in [0.1, 0.15) is 18.4 Å². The van der Waals surface area contributed by atoms with Crippen LogP contribution in [0.2, 0.25) is 0 Å². The summed E-state index contributed by atoms with van der Waals surface area (Å²) in [5.74, 6) is -1.71. The molecule has 1 aliphatic heterocycles. The number of halogens is 1. The van der Waals surface area contributed by atoms with Gasteiger partial charge in [0.25, 0.3) is 0 Å². The van der Waals surface area contributed by atoms with Gasteiger partial charge >= 0.3 is 5.97 Å². The van der Waals surface area contributed by atoms with E-state index in [2.05, 4.69) is 0 Å². The van der Waals surface area contributed by atoms with Crippen LogP contribution in [0.3, 0.4) is 0 Å². The smallest absolute Gasteiger partial charge is 0.326 e. The second-order valence-corrected chi connectivity index (χ2v) is 4.42. The van der Waals surface area contributed by atoms with Crippen LogP contribution in [0.4, 0.5) is 4.39 Å². The van der Waals surface area contributed by atoms with Gasteiger partial charge in [-0.2, -0.15) is 0 Å². The van der Waals surface area contributed by atoms with Crippen molar-refractivity contribution in [3.63, 3.8) is 0 Å². The summed E-state index contributed by atoms with van der Waals surface area (Å²) in [4.78, 5) is 24.2. The molecule has 0 spiro atoms. The number of carboxylic acids is 1.